The zero-order chi connectivity index (χ0) is 21.7. The first kappa shape index (κ1) is 21.9. The Balaban J connectivity index is 1.58. The van der Waals surface area contributed by atoms with Gasteiger partial charge in [0.1, 0.15) is 17.3 Å². The average molecular weight is 451 g/mol. The van der Waals surface area contributed by atoms with Crippen molar-refractivity contribution in [2.24, 2.45) is 7.05 Å². The molecule has 0 aliphatic carbocycles. The van der Waals surface area contributed by atoms with Crippen LogP contribution in [0.15, 0.2) is 47.6 Å². The summed E-state index contributed by atoms with van der Waals surface area (Å²) in [5.41, 5.74) is 0.0742. The second-order valence-corrected chi connectivity index (χ2v) is 7.68. The minimum atomic E-state index is -0.591. The minimum Gasteiger partial charge on any atom is -0.497 e. The zero-order valence-electron chi connectivity index (χ0n) is 16.6. The van der Waals surface area contributed by atoms with Gasteiger partial charge >= 0.3 is 0 Å². The molecule has 2 aromatic carbocycles. The first-order valence-electron chi connectivity index (χ1n) is 8.95. The summed E-state index contributed by atoms with van der Waals surface area (Å²) in [5.74, 6) is 1.10. The number of methoxy groups -OCH3 is 1. The second-order valence-electron chi connectivity index (χ2n) is 6.30. The van der Waals surface area contributed by atoms with Gasteiger partial charge in [-0.25, -0.2) is 4.39 Å². The Hall–Kier alpha value is -2.78. The number of thioether (sulfide) groups is 1. The molecule has 1 amide bonds. The molecule has 0 bridgehead atoms. The molecular formula is C20H20ClFN4O3S. The van der Waals surface area contributed by atoms with Crippen LogP contribution in [-0.4, -0.2) is 33.5 Å². The fourth-order valence-corrected chi connectivity index (χ4v) is 3.50. The number of amides is 1. The average Bonchev–Trinajstić information content (AvgIpc) is 3.09. The van der Waals surface area contributed by atoms with Gasteiger partial charge in [0.15, 0.2) is 17.1 Å². The number of ether oxygens (including phenoxy) is 2. The Bertz CT molecular complexity index is 1030. The number of hydrogen-bond donors (Lipinski definition) is 1. The fraction of sp³-hybridized carbons (Fsp3) is 0.250. The van der Waals surface area contributed by atoms with Gasteiger partial charge in [-0.3, -0.25) is 4.79 Å². The molecule has 1 N–H and O–H groups in total. The van der Waals surface area contributed by atoms with Crippen LogP contribution in [0, 0.1) is 5.82 Å². The maximum Gasteiger partial charge on any atom is 0.234 e. The molecule has 0 saturated carbocycles. The van der Waals surface area contributed by atoms with Crippen LogP contribution in [0.4, 0.5) is 10.1 Å². The molecule has 3 aromatic rings. The van der Waals surface area contributed by atoms with Gasteiger partial charge in [0.2, 0.25) is 5.91 Å². The highest BCUT2D eigenvalue weighted by Crippen LogP contribution is 2.25. The van der Waals surface area contributed by atoms with Gasteiger partial charge < -0.3 is 19.4 Å². The van der Waals surface area contributed by atoms with E-state index in [1.54, 1.807) is 18.7 Å². The molecule has 0 fully saturated rings. The monoisotopic (exact) mass is 450 g/mol. The molecule has 0 aliphatic rings. The molecule has 1 aromatic heterocycles. The lowest BCUT2D eigenvalue weighted by Gasteiger charge is -2.14. The number of nitrogens with one attached hydrogen (secondary N) is 1. The van der Waals surface area contributed by atoms with Gasteiger partial charge in [-0.05, 0) is 49.4 Å². The van der Waals surface area contributed by atoms with Crippen molar-refractivity contribution in [3.63, 3.8) is 0 Å². The van der Waals surface area contributed by atoms with E-state index in [-0.39, 0.29) is 28.5 Å². The molecule has 0 radical (unpaired) electrons. The summed E-state index contributed by atoms with van der Waals surface area (Å²) in [6.07, 6.45) is -0.359. The van der Waals surface area contributed by atoms with Crippen molar-refractivity contribution in [1.82, 2.24) is 14.8 Å². The zero-order valence-corrected chi connectivity index (χ0v) is 18.1. The van der Waals surface area contributed by atoms with Crippen molar-refractivity contribution < 1.29 is 18.7 Å². The van der Waals surface area contributed by atoms with Gasteiger partial charge in [0.05, 0.1) is 18.6 Å². The molecule has 7 nitrogen and oxygen atoms in total. The summed E-state index contributed by atoms with van der Waals surface area (Å²) in [7, 11) is 3.39. The Morgan fingerprint density at radius 1 is 1.23 bits per heavy atom. The molecule has 0 spiro atoms. The SMILES string of the molecule is COc1ccc(OC(C)c2nnc(SCC(=O)Nc3ccc(Cl)cc3F)n2C)cc1. The van der Waals surface area contributed by atoms with E-state index in [0.29, 0.717) is 16.7 Å². The highest BCUT2D eigenvalue weighted by molar-refractivity contribution is 7.99. The van der Waals surface area contributed by atoms with E-state index >= 15 is 0 Å². The molecule has 10 heteroatoms. The standard InChI is InChI=1S/C20H20ClFN4O3S/c1-12(29-15-7-5-14(28-3)6-8-15)19-24-25-20(26(19)2)30-11-18(27)23-17-9-4-13(21)10-16(17)22/h4-10,12H,11H2,1-3H3,(H,23,27). The third-order valence-electron chi connectivity index (χ3n) is 4.14. The number of anilines is 1. The Kier molecular flexibility index (Phi) is 7.17. The van der Waals surface area contributed by atoms with E-state index < -0.39 is 5.82 Å². The number of rotatable bonds is 8. The molecule has 30 heavy (non-hydrogen) atoms. The topological polar surface area (TPSA) is 78.3 Å². The quantitative estimate of drug-likeness (QED) is 0.509. The number of halogens is 2. The van der Waals surface area contributed by atoms with Crippen LogP contribution in [-0.2, 0) is 11.8 Å². The summed E-state index contributed by atoms with van der Waals surface area (Å²) in [4.78, 5) is 12.1. The molecule has 0 aliphatic heterocycles. The van der Waals surface area contributed by atoms with Gasteiger partial charge in [0.25, 0.3) is 0 Å². The molecule has 1 heterocycles. The maximum absolute atomic E-state index is 13.8. The molecule has 0 saturated heterocycles. The highest BCUT2D eigenvalue weighted by Gasteiger charge is 2.18. The third kappa shape index (κ3) is 5.43. The van der Waals surface area contributed by atoms with Gasteiger partial charge in [-0.2, -0.15) is 0 Å². The smallest absolute Gasteiger partial charge is 0.234 e. The van der Waals surface area contributed by atoms with Crippen molar-refractivity contribution in [3.8, 4) is 11.5 Å². The number of carbonyl (C=O) groups excluding carboxylic acids is 1. The summed E-state index contributed by atoms with van der Waals surface area (Å²) in [6, 6.07) is 11.3. The minimum absolute atomic E-state index is 0.0434. The summed E-state index contributed by atoms with van der Waals surface area (Å²) in [5, 5.41) is 11.6. The van der Waals surface area contributed by atoms with Crippen LogP contribution < -0.4 is 14.8 Å². The van der Waals surface area contributed by atoms with Gasteiger partial charge in [-0.1, -0.05) is 23.4 Å². The fourth-order valence-electron chi connectivity index (χ4n) is 2.62. The van der Waals surface area contributed by atoms with Gasteiger partial charge in [-0.15, -0.1) is 10.2 Å². The Morgan fingerprint density at radius 2 is 1.93 bits per heavy atom. The van der Waals surface area contributed by atoms with Crippen LogP contribution in [0.3, 0.4) is 0 Å². The molecule has 158 valence electrons. The van der Waals surface area contributed by atoms with Gasteiger partial charge in [0, 0.05) is 12.1 Å². The van der Waals surface area contributed by atoms with E-state index in [4.69, 9.17) is 21.1 Å². The lowest BCUT2D eigenvalue weighted by molar-refractivity contribution is -0.113. The van der Waals surface area contributed by atoms with E-state index in [1.807, 2.05) is 31.2 Å². The van der Waals surface area contributed by atoms with Crippen molar-refractivity contribution in [2.45, 2.75) is 18.2 Å². The van der Waals surface area contributed by atoms with Crippen LogP contribution in [0.5, 0.6) is 11.5 Å². The van der Waals surface area contributed by atoms with Crippen molar-refractivity contribution in [1.29, 1.82) is 0 Å². The predicted molar refractivity (Wildman–Crippen MR) is 114 cm³/mol. The first-order chi connectivity index (χ1) is 14.4. The van der Waals surface area contributed by atoms with E-state index in [2.05, 4.69) is 15.5 Å². The number of benzene rings is 2. The number of aromatic nitrogens is 3. The molecular weight excluding hydrogens is 431 g/mol. The largest absolute Gasteiger partial charge is 0.497 e. The van der Waals surface area contributed by atoms with E-state index in [1.165, 1.54) is 23.9 Å². The van der Waals surface area contributed by atoms with E-state index in [9.17, 15) is 9.18 Å². The maximum atomic E-state index is 13.8. The number of carbonyl (C=O) groups is 1. The second kappa shape index (κ2) is 9.82. The van der Waals surface area contributed by atoms with Crippen LogP contribution in [0.2, 0.25) is 5.02 Å². The summed E-state index contributed by atoms with van der Waals surface area (Å²) >= 11 is 6.90. The number of hydrogen-bond acceptors (Lipinski definition) is 6. The summed E-state index contributed by atoms with van der Waals surface area (Å²) < 4.78 is 26.6. The first-order valence-corrected chi connectivity index (χ1v) is 10.3. The molecule has 1 atom stereocenters. The lowest BCUT2D eigenvalue weighted by atomic mass is 10.3. The molecule has 1 unspecified atom stereocenters. The lowest BCUT2D eigenvalue weighted by Crippen LogP contribution is -2.15. The third-order valence-corrected chi connectivity index (χ3v) is 5.40. The predicted octanol–water partition coefficient (Wildman–Crippen LogP) is 4.49. The van der Waals surface area contributed by atoms with Crippen LogP contribution >= 0.6 is 23.4 Å². The Morgan fingerprint density at radius 3 is 2.60 bits per heavy atom. The normalized spacial score (nSPS) is 11.8. The number of nitrogens with zero attached hydrogens (tertiary/aromatic N) is 3. The molecule has 3 rings (SSSR count). The van der Waals surface area contributed by atoms with Crippen molar-refractivity contribution in [2.75, 3.05) is 18.2 Å². The van der Waals surface area contributed by atoms with Crippen molar-refractivity contribution >= 4 is 35.0 Å². The van der Waals surface area contributed by atoms with Crippen LogP contribution in [0.25, 0.3) is 0 Å². The summed E-state index contributed by atoms with van der Waals surface area (Å²) in [6.45, 7) is 1.86. The van der Waals surface area contributed by atoms with E-state index in [0.717, 1.165) is 11.8 Å². The Labute approximate surface area is 182 Å². The van der Waals surface area contributed by atoms with Crippen molar-refractivity contribution in [3.05, 3.63) is 59.1 Å². The highest BCUT2D eigenvalue weighted by atomic mass is 35.5. The van der Waals surface area contributed by atoms with Crippen LogP contribution in [0.1, 0.15) is 18.9 Å².